The number of nitrogens with one attached hydrogen (secondary N) is 1. The van der Waals surface area contributed by atoms with Crippen molar-refractivity contribution < 1.29 is 4.79 Å². The Morgan fingerprint density at radius 3 is 2.79 bits per heavy atom. The van der Waals surface area contributed by atoms with Gasteiger partial charge >= 0.3 is 6.03 Å². The summed E-state index contributed by atoms with van der Waals surface area (Å²) in [5.74, 6) is 2.28. The van der Waals surface area contributed by atoms with Crippen molar-refractivity contribution in [2.75, 3.05) is 37.6 Å². The molecule has 1 fully saturated rings. The van der Waals surface area contributed by atoms with Gasteiger partial charge in [0.1, 0.15) is 11.6 Å². The molecule has 8 nitrogen and oxygen atoms in total. The Kier molecular flexibility index (Phi) is 7.33. The lowest BCUT2D eigenvalue weighted by molar-refractivity contribution is 0.202. The predicted molar refractivity (Wildman–Crippen MR) is 132 cm³/mol. The van der Waals surface area contributed by atoms with Crippen LogP contribution in [0.3, 0.4) is 0 Å². The predicted octanol–water partition coefficient (Wildman–Crippen LogP) is 4.30. The van der Waals surface area contributed by atoms with Gasteiger partial charge in [-0.25, -0.2) is 19.4 Å². The van der Waals surface area contributed by atoms with Crippen LogP contribution in [-0.2, 0) is 6.42 Å². The van der Waals surface area contributed by atoms with Crippen molar-refractivity contribution in [3.8, 4) is 5.69 Å². The molecule has 1 aliphatic rings. The number of nitrogens with zero attached hydrogens (tertiary/aromatic N) is 6. The second-order valence-electron chi connectivity index (χ2n) is 8.83. The van der Waals surface area contributed by atoms with E-state index in [-0.39, 0.29) is 6.03 Å². The van der Waals surface area contributed by atoms with Crippen molar-refractivity contribution in [1.29, 1.82) is 0 Å². The second-order valence-corrected chi connectivity index (χ2v) is 9.27. The van der Waals surface area contributed by atoms with Crippen LogP contribution < -0.4 is 10.2 Å². The molecule has 1 saturated heterocycles. The molecule has 176 valence electrons. The van der Waals surface area contributed by atoms with Gasteiger partial charge in [0.15, 0.2) is 5.65 Å². The van der Waals surface area contributed by atoms with E-state index < -0.39 is 0 Å². The van der Waals surface area contributed by atoms with E-state index in [1.165, 1.54) is 0 Å². The molecule has 2 aromatic heterocycles. The zero-order chi connectivity index (χ0) is 23.4. The molecule has 3 aromatic rings. The van der Waals surface area contributed by atoms with Gasteiger partial charge in [0.2, 0.25) is 0 Å². The molecule has 2 amide bonds. The Hall–Kier alpha value is -2.87. The first kappa shape index (κ1) is 23.3. The summed E-state index contributed by atoms with van der Waals surface area (Å²) in [5.41, 5.74) is 1.65. The molecule has 33 heavy (non-hydrogen) atoms. The van der Waals surface area contributed by atoms with E-state index in [0.29, 0.717) is 24.0 Å². The van der Waals surface area contributed by atoms with Crippen LogP contribution in [0.4, 0.5) is 10.6 Å². The average molecular weight is 470 g/mol. The minimum absolute atomic E-state index is 0.00131. The fourth-order valence-electron chi connectivity index (χ4n) is 4.10. The first-order valence-corrected chi connectivity index (χ1v) is 12.1. The molecule has 1 aliphatic heterocycles. The van der Waals surface area contributed by atoms with E-state index in [4.69, 9.17) is 21.6 Å². The average Bonchev–Trinajstić information content (AvgIpc) is 3.06. The number of rotatable bonds is 6. The molecule has 1 N–H and O–H groups in total. The summed E-state index contributed by atoms with van der Waals surface area (Å²) >= 11 is 6.24. The summed E-state index contributed by atoms with van der Waals surface area (Å²) in [6.45, 7) is 9.92. The van der Waals surface area contributed by atoms with E-state index >= 15 is 0 Å². The maximum atomic E-state index is 12.3. The topological polar surface area (TPSA) is 79.2 Å². The molecule has 0 aliphatic carbocycles. The first-order valence-electron chi connectivity index (χ1n) is 11.7. The number of carbonyl (C=O) groups excluding carboxylic acids is 1. The van der Waals surface area contributed by atoms with Crippen LogP contribution in [-0.4, -0.2) is 63.4 Å². The lowest BCUT2D eigenvalue weighted by atomic mass is 10.1. The monoisotopic (exact) mass is 469 g/mol. The number of aromatic nitrogens is 4. The molecule has 0 saturated carbocycles. The van der Waals surface area contributed by atoms with Gasteiger partial charge in [-0.3, -0.25) is 0 Å². The normalized spacial score (nSPS) is 14.7. The number of benzene rings is 1. The van der Waals surface area contributed by atoms with Gasteiger partial charge in [0.25, 0.3) is 0 Å². The van der Waals surface area contributed by atoms with Crippen LogP contribution in [0.5, 0.6) is 0 Å². The lowest BCUT2D eigenvalue weighted by Crippen LogP contribution is -2.42. The Morgan fingerprint density at radius 2 is 2.03 bits per heavy atom. The molecule has 1 aromatic carbocycles. The van der Waals surface area contributed by atoms with Gasteiger partial charge in [0.05, 0.1) is 17.3 Å². The third-order valence-electron chi connectivity index (χ3n) is 5.86. The summed E-state index contributed by atoms with van der Waals surface area (Å²) in [4.78, 5) is 26.4. The van der Waals surface area contributed by atoms with Crippen molar-refractivity contribution >= 4 is 34.5 Å². The van der Waals surface area contributed by atoms with E-state index in [9.17, 15) is 4.79 Å². The van der Waals surface area contributed by atoms with Gasteiger partial charge in [-0.05, 0) is 43.9 Å². The van der Waals surface area contributed by atoms with Crippen molar-refractivity contribution in [3.63, 3.8) is 0 Å². The molecular formula is C24H32ClN7O. The number of anilines is 1. The summed E-state index contributed by atoms with van der Waals surface area (Å²) in [7, 11) is 0. The van der Waals surface area contributed by atoms with Gasteiger partial charge in [-0.1, -0.05) is 31.5 Å². The Labute approximate surface area is 199 Å². The molecule has 4 rings (SSSR count). The maximum Gasteiger partial charge on any atom is 0.317 e. The smallest absolute Gasteiger partial charge is 0.317 e. The van der Waals surface area contributed by atoms with Crippen LogP contribution in [0.1, 0.15) is 39.4 Å². The molecule has 0 spiro atoms. The largest absolute Gasteiger partial charge is 0.354 e. The van der Waals surface area contributed by atoms with E-state index in [2.05, 4.69) is 29.2 Å². The Bertz CT molecular complexity index is 1110. The number of amides is 2. The highest BCUT2D eigenvalue weighted by molar-refractivity contribution is 6.30. The molecule has 9 heteroatoms. The minimum atomic E-state index is -0.00131. The Morgan fingerprint density at radius 1 is 1.18 bits per heavy atom. The Balaban J connectivity index is 1.71. The van der Waals surface area contributed by atoms with Crippen LogP contribution >= 0.6 is 11.6 Å². The number of carbonyl (C=O) groups is 1. The highest BCUT2D eigenvalue weighted by atomic mass is 35.5. The summed E-state index contributed by atoms with van der Waals surface area (Å²) in [6, 6.07) is 7.63. The molecule has 0 atom stereocenters. The summed E-state index contributed by atoms with van der Waals surface area (Å²) in [6.07, 6.45) is 4.54. The lowest BCUT2D eigenvalue weighted by Gasteiger charge is -2.24. The molecular weight excluding hydrogens is 438 g/mol. The van der Waals surface area contributed by atoms with Crippen molar-refractivity contribution in [1.82, 2.24) is 30.0 Å². The zero-order valence-corrected chi connectivity index (χ0v) is 20.3. The standard InChI is InChI=1S/C24H32ClN7O/c1-4-26-24(33)31-12-6-11-30(13-14-31)22-20-16-27-32(19-8-5-7-18(25)15-19)23(20)29-21(28-22)10-9-17(2)3/h5,7-8,15-17H,4,6,9-14H2,1-3H3,(H,26,33). The summed E-state index contributed by atoms with van der Waals surface area (Å²) < 4.78 is 1.84. The number of urea groups is 1. The van der Waals surface area contributed by atoms with E-state index in [1.807, 2.05) is 47.0 Å². The quantitative estimate of drug-likeness (QED) is 0.582. The van der Waals surface area contributed by atoms with E-state index in [0.717, 1.165) is 67.3 Å². The van der Waals surface area contributed by atoms with Gasteiger partial charge in [-0.15, -0.1) is 0 Å². The maximum absolute atomic E-state index is 12.3. The zero-order valence-electron chi connectivity index (χ0n) is 19.6. The van der Waals surface area contributed by atoms with Gasteiger partial charge in [0, 0.05) is 44.2 Å². The molecule has 3 heterocycles. The fourth-order valence-corrected chi connectivity index (χ4v) is 4.28. The molecule has 0 unspecified atom stereocenters. The van der Waals surface area contributed by atoms with Crippen LogP contribution in [0.25, 0.3) is 16.7 Å². The number of hydrogen-bond donors (Lipinski definition) is 1. The number of aryl methyl sites for hydroxylation is 1. The highest BCUT2D eigenvalue weighted by Gasteiger charge is 2.23. The number of fused-ring (bicyclic) bond motifs is 1. The van der Waals surface area contributed by atoms with Gasteiger partial charge < -0.3 is 15.1 Å². The van der Waals surface area contributed by atoms with Crippen LogP contribution in [0.2, 0.25) is 5.02 Å². The third kappa shape index (κ3) is 5.38. The van der Waals surface area contributed by atoms with Crippen molar-refractivity contribution in [3.05, 3.63) is 41.3 Å². The van der Waals surface area contributed by atoms with Crippen molar-refractivity contribution in [2.45, 2.75) is 40.0 Å². The number of halogens is 1. The highest BCUT2D eigenvalue weighted by Crippen LogP contribution is 2.28. The van der Waals surface area contributed by atoms with Crippen molar-refractivity contribution in [2.24, 2.45) is 5.92 Å². The SMILES string of the molecule is CCNC(=O)N1CCCN(c2nc(CCC(C)C)nc3c2cnn3-c2cccc(Cl)c2)CC1. The van der Waals surface area contributed by atoms with Crippen LogP contribution in [0, 0.1) is 5.92 Å². The first-order chi connectivity index (χ1) is 16.0. The molecule has 0 bridgehead atoms. The van der Waals surface area contributed by atoms with Gasteiger partial charge in [-0.2, -0.15) is 5.10 Å². The third-order valence-corrected chi connectivity index (χ3v) is 6.10. The van der Waals surface area contributed by atoms with Crippen LogP contribution in [0.15, 0.2) is 30.5 Å². The minimum Gasteiger partial charge on any atom is -0.354 e. The number of hydrogen-bond acceptors (Lipinski definition) is 5. The fraction of sp³-hybridized carbons (Fsp3) is 0.500. The van der Waals surface area contributed by atoms with E-state index in [1.54, 1.807) is 0 Å². The summed E-state index contributed by atoms with van der Waals surface area (Å²) in [5, 5.41) is 9.12. The molecule has 0 radical (unpaired) electrons. The second kappa shape index (κ2) is 10.4.